The van der Waals surface area contributed by atoms with Gasteiger partial charge in [-0.1, -0.05) is 47.1 Å². The van der Waals surface area contributed by atoms with E-state index in [1.807, 2.05) is 49.4 Å². The van der Waals surface area contributed by atoms with Gasteiger partial charge in [0.05, 0.1) is 19.8 Å². The highest BCUT2D eigenvalue weighted by molar-refractivity contribution is 6.30. The molecule has 202 valence electrons. The van der Waals surface area contributed by atoms with Crippen molar-refractivity contribution < 1.29 is 24.1 Å². The van der Waals surface area contributed by atoms with E-state index in [0.717, 1.165) is 54.1 Å². The van der Waals surface area contributed by atoms with Gasteiger partial charge in [-0.15, -0.1) is 0 Å². The molecule has 1 aliphatic rings. The fourth-order valence-corrected chi connectivity index (χ4v) is 3.93. The van der Waals surface area contributed by atoms with Crippen molar-refractivity contribution in [2.24, 2.45) is 0 Å². The molecule has 1 N–H and O–H groups in total. The van der Waals surface area contributed by atoms with Gasteiger partial charge in [-0.3, -0.25) is 4.90 Å². The second kappa shape index (κ2) is 14.7. The lowest BCUT2D eigenvalue weighted by atomic mass is 10.1. The number of benzene rings is 3. The summed E-state index contributed by atoms with van der Waals surface area (Å²) in [6.07, 6.45) is 0. The Morgan fingerprint density at radius 2 is 1.52 bits per heavy atom. The number of rotatable bonds is 6. The van der Waals surface area contributed by atoms with Crippen molar-refractivity contribution in [3.8, 4) is 47.0 Å². The van der Waals surface area contributed by atoms with Gasteiger partial charge in [-0.25, -0.2) is 4.79 Å². The van der Waals surface area contributed by atoms with E-state index in [1.165, 1.54) is 0 Å². The fraction of sp³-hybridized carbons (Fsp3) is 0.242. The highest BCUT2D eigenvalue weighted by Gasteiger charge is 2.08. The first-order valence-corrected chi connectivity index (χ1v) is 13.1. The average Bonchev–Trinajstić information content (AvgIpc) is 2.95. The van der Waals surface area contributed by atoms with E-state index in [-0.39, 0.29) is 6.61 Å². The summed E-state index contributed by atoms with van der Waals surface area (Å²) in [6, 6.07) is 18.4. The molecule has 0 radical (unpaired) electrons. The predicted octanol–water partition coefficient (Wildman–Crippen LogP) is 4.63. The highest BCUT2D eigenvalue weighted by Crippen LogP contribution is 2.23. The topological polar surface area (TPSA) is 68.2 Å². The number of hydrogen-bond donors (Lipinski definition) is 1. The smallest absolute Gasteiger partial charge is 0.341 e. The monoisotopic (exact) mass is 553 g/mol. The minimum absolute atomic E-state index is 0.174. The number of carboxylic acid groups (broad SMARTS) is 1. The average molecular weight is 554 g/mol. The highest BCUT2D eigenvalue weighted by atomic mass is 35.5. The van der Waals surface area contributed by atoms with Crippen LogP contribution in [0.25, 0.3) is 0 Å². The molecule has 6 nitrogen and oxygen atoms in total. The van der Waals surface area contributed by atoms with Crippen molar-refractivity contribution in [1.82, 2.24) is 4.90 Å². The number of nitrogens with zero attached hydrogens (tertiary/aromatic N) is 1. The Hall–Kier alpha value is -4.38. The molecular formula is C33H28ClNO5. The fourth-order valence-electron chi connectivity index (χ4n) is 3.81. The van der Waals surface area contributed by atoms with Gasteiger partial charge in [-0.2, -0.15) is 0 Å². The Bertz CT molecular complexity index is 1520. The Morgan fingerprint density at radius 1 is 0.875 bits per heavy atom. The number of carbonyl (C=O) groups is 1. The second-order valence-electron chi connectivity index (χ2n) is 8.95. The van der Waals surface area contributed by atoms with Crippen molar-refractivity contribution in [3.63, 3.8) is 0 Å². The van der Waals surface area contributed by atoms with Crippen molar-refractivity contribution in [1.29, 1.82) is 0 Å². The third-order valence-corrected chi connectivity index (χ3v) is 6.06. The summed E-state index contributed by atoms with van der Waals surface area (Å²) in [6.45, 7) is 5.53. The molecule has 1 saturated heterocycles. The number of hydrogen-bond acceptors (Lipinski definition) is 5. The standard InChI is InChI=1S/C33H28ClNO5/c1-25-20-31(12-13-32(25)40-24-33(36)37)39-17-3-5-28-21-27(4-2-14-35-15-18-38-19-16-35)22-29(23-28)7-6-26-8-10-30(34)11-9-26/h8-13,20-23H,14-19,24H2,1H3,(H,36,37). The van der Waals surface area contributed by atoms with Crippen LogP contribution in [-0.2, 0) is 9.53 Å². The molecule has 3 aromatic carbocycles. The van der Waals surface area contributed by atoms with Gasteiger partial charge in [0.2, 0.25) is 0 Å². The molecule has 1 fully saturated rings. The van der Waals surface area contributed by atoms with E-state index >= 15 is 0 Å². The van der Waals surface area contributed by atoms with E-state index in [2.05, 4.69) is 40.4 Å². The third kappa shape index (κ3) is 9.42. The van der Waals surface area contributed by atoms with E-state index in [4.69, 9.17) is 30.9 Å². The molecule has 0 aliphatic carbocycles. The molecule has 0 aromatic heterocycles. The zero-order valence-electron chi connectivity index (χ0n) is 22.1. The lowest BCUT2D eigenvalue weighted by Gasteiger charge is -2.24. The molecule has 40 heavy (non-hydrogen) atoms. The molecule has 4 rings (SSSR count). The Kier molecular flexibility index (Phi) is 10.5. The van der Waals surface area contributed by atoms with Gasteiger partial charge < -0.3 is 19.3 Å². The first-order chi connectivity index (χ1) is 19.4. The lowest BCUT2D eigenvalue weighted by molar-refractivity contribution is -0.139. The zero-order chi connectivity index (χ0) is 28.2. The predicted molar refractivity (Wildman–Crippen MR) is 155 cm³/mol. The molecule has 0 spiro atoms. The third-order valence-electron chi connectivity index (χ3n) is 5.81. The van der Waals surface area contributed by atoms with Crippen LogP contribution in [-0.4, -0.2) is 62.0 Å². The van der Waals surface area contributed by atoms with Crippen LogP contribution >= 0.6 is 11.6 Å². The summed E-state index contributed by atoms with van der Waals surface area (Å²) >= 11 is 5.99. The normalized spacial score (nSPS) is 12.6. The molecule has 1 aliphatic heterocycles. The minimum atomic E-state index is -1.03. The minimum Gasteiger partial charge on any atom is -0.482 e. The molecule has 0 saturated carbocycles. The quantitative estimate of drug-likeness (QED) is 0.449. The molecule has 3 aromatic rings. The van der Waals surface area contributed by atoms with E-state index in [0.29, 0.717) is 23.1 Å². The molecule has 1 heterocycles. The van der Waals surface area contributed by atoms with Crippen LogP contribution in [0.4, 0.5) is 0 Å². The van der Waals surface area contributed by atoms with Gasteiger partial charge in [0.15, 0.2) is 6.61 Å². The molecule has 0 amide bonds. The summed E-state index contributed by atoms with van der Waals surface area (Å²) in [5.74, 6) is 19.2. The number of aliphatic carboxylic acids is 1. The molecule has 0 unspecified atom stereocenters. The summed E-state index contributed by atoms with van der Waals surface area (Å²) in [4.78, 5) is 13.0. The van der Waals surface area contributed by atoms with E-state index in [1.54, 1.807) is 18.2 Å². The Balaban J connectivity index is 1.47. The number of carboxylic acids is 1. The zero-order valence-corrected chi connectivity index (χ0v) is 22.9. The number of aryl methyl sites for hydroxylation is 1. The van der Waals surface area contributed by atoms with E-state index in [9.17, 15) is 4.79 Å². The molecule has 0 atom stereocenters. The van der Waals surface area contributed by atoms with Crippen molar-refractivity contribution in [3.05, 3.63) is 93.5 Å². The summed E-state index contributed by atoms with van der Waals surface area (Å²) < 4.78 is 16.4. The van der Waals surface area contributed by atoms with Crippen LogP contribution in [0.1, 0.15) is 27.8 Å². The van der Waals surface area contributed by atoms with Crippen LogP contribution < -0.4 is 9.47 Å². The van der Waals surface area contributed by atoms with Crippen molar-refractivity contribution >= 4 is 17.6 Å². The van der Waals surface area contributed by atoms with Gasteiger partial charge >= 0.3 is 5.97 Å². The van der Waals surface area contributed by atoms with Crippen LogP contribution in [0.2, 0.25) is 5.02 Å². The number of morpholine rings is 1. The van der Waals surface area contributed by atoms with Gasteiger partial charge in [0.1, 0.15) is 18.1 Å². The summed E-state index contributed by atoms with van der Waals surface area (Å²) in [7, 11) is 0. The SMILES string of the molecule is Cc1cc(OCC#Cc2cc(C#CCN3CCOCC3)cc(C#Cc3ccc(Cl)cc3)c2)ccc1OCC(=O)O. The molecule has 7 heteroatoms. The maximum atomic E-state index is 10.7. The Labute approximate surface area is 239 Å². The van der Waals surface area contributed by atoms with E-state index < -0.39 is 12.6 Å². The summed E-state index contributed by atoms with van der Waals surface area (Å²) in [5, 5.41) is 9.46. The van der Waals surface area contributed by atoms with Crippen LogP contribution in [0, 0.1) is 42.4 Å². The first kappa shape index (κ1) is 28.6. The largest absolute Gasteiger partial charge is 0.482 e. The van der Waals surface area contributed by atoms with Gasteiger partial charge in [-0.05, 0) is 73.2 Å². The second-order valence-corrected chi connectivity index (χ2v) is 9.38. The van der Waals surface area contributed by atoms with Gasteiger partial charge in [0.25, 0.3) is 0 Å². The maximum absolute atomic E-state index is 10.7. The first-order valence-electron chi connectivity index (χ1n) is 12.7. The lowest BCUT2D eigenvalue weighted by Crippen LogP contribution is -2.36. The van der Waals surface area contributed by atoms with Gasteiger partial charge in [0, 0.05) is 40.4 Å². The number of halogens is 1. The van der Waals surface area contributed by atoms with Crippen LogP contribution in [0.5, 0.6) is 11.5 Å². The Morgan fingerprint density at radius 3 is 2.20 bits per heavy atom. The van der Waals surface area contributed by atoms with Crippen LogP contribution in [0.3, 0.4) is 0 Å². The molecule has 0 bridgehead atoms. The molecular weight excluding hydrogens is 526 g/mol. The maximum Gasteiger partial charge on any atom is 0.341 e. The summed E-state index contributed by atoms with van der Waals surface area (Å²) in [5.41, 5.74) is 4.08. The van der Waals surface area contributed by atoms with Crippen LogP contribution in [0.15, 0.2) is 60.7 Å². The van der Waals surface area contributed by atoms with Crippen molar-refractivity contribution in [2.45, 2.75) is 6.92 Å². The van der Waals surface area contributed by atoms with Crippen molar-refractivity contribution in [2.75, 3.05) is 46.1 Å². The number of ether oxygens (including phenoxy) is 3.